The van der Waals surface area contributed by atoms with Crippen molar-refractivity contribution in [3.05, 3.63) is 252 Å². The Morgan fingerprint density at radius 3 is 1.19 bits per heavy atom. The Bertz CT molecular complexity index is 2700. The van der Waals surface area contributed by atoms with Crippen molar-refractivity contribution < 1.29 is 52.8 Å². The first-order chi connectivity index (χ1) is 29.6. The third kappa shape index (κ3) is 11.9. The summed E-state index contributed by atoms with van der Waals surface area (Å²) in [5.74, 6) is 0. The Kier molecular flexibility index (Phi) is 18.7. The summed E-state index contributed by atoms with van der Waals surface area (Å²) >= 11 is 0. The molecule has 0 N–H and O–H groups in total. The van der Waals surface area contributed by atoms with E-state index in [1.165, 1.54) is 98.4 Å². The van der Waals surface area contributed by atoms with Gasteiger partial charge in [0.05, 0.1) is 0 Å². The Balaban J connectivity index is 0.000000158. The first kappa shape index (κ1) is 50.1. The summed E-state index contributed by atoms with van der Waals surface area (Å²) in [7, 11) is 1.52. The van der Waals surface area contributed by atoms with Crippen molar-refractivity contribution in [2.75, 3.05) is 0 Å². The van der Waals surface area contributed by atoms with Gasteiger partial charge in [-0.2, -0.15) is 71.8 Å². The van der Waals surface area contributed by atoms with Gasteiger partial charge in [0.15, 0.2) is 0 Å². The molecule has 2 atom stereocenters. The molecule has 0 aromatic heterocycles. The smallest absolute Gasteiger partial charge is 1.00 e. The molecule has 312 valence electrons. The zero-order valence-electron chi connectivity index (χ0n) is 35.8. The van der Waals surface area contributed by atoms with Crippen LogP contribution in [0.4, 0.5) is 0 Å². The zero-order valence-corrected chi connectivity index (χ0v) is 40.9. The molecule has 0 heterocycles. The zero-order chi connectivity index (χ0) is 40.7. The maximum atomic E-state index is 3.30. The average Bonchev–Trinajstić information content (AvgIpc) is 4.08. The molecule has 0 fully saturated rings. The topological polar surface area (TPSA) is 0 Å². The Labute approximate surface area is 410 Å². The van der Waals surface area contributed by atoms with Crippen LogP contribution in [0, 0.1) is 26.0 Å². The molecule has 0 saturated carbocycles. The molecule has 10 aromatic rings. The van der Waals surface area contributed by atoms with Gasteiger partial charge >= 0.3 is 43.4 Å². The molecule has 2 aliphatic rings. The van der Waals surface area contributed by atoms with Gasteiger partial charge in [0, 0.05) is 0 Å². The Morgan fingerprint density at radius 2 is 0.766 bits per heavy atom. The maximum Gasteiger partial charge on any atom is 2.00 e. The van der Waals surface area contributed by atoms with Crippen LogP contribution in [0.3, 0.4) is 0 Å². The molecule has 0 radical (unpaired) electrons. The summed E-state index contributed by atoms with van der Waals surface area (Å²) in [5, 5.41) is 11.2. The maximum absolute atomic E-state index is 3.30. The van der Waals surface area contributed by atoms with Crippen molar-refractivity contribution in [2.45, 2.75) is 26.7 Å². The van der Waals surface area contributed by atoms with Gasteiger partial charge in [-0.05, 0) is 48.4 Å². The van der Waals surface area contributed by atoms with Crippen molar-refractivity contribution in [3.63, 3.8) is 0 Å². The van der Waals surface area contributed by atoms with E-state index >= 15 is 0 Å². The van der Waals surface area contributed by atoms with Crippen LogP contribution >= 0.6 is 17.2 Å². The second kappa shape index (κ2) is 23.9. The standard InChI is InChI=1S/2C16H14P.2C13H9.2FH.2Ti/c2*1-12-6-2-5-9-16(12)17-15-10-13-7-3-4-8-14(13)11-15;2*1-3-7-12-10(5-1)9-11-6-2-4-8-13(11)12;;;;/h2*2-11,17H,1H3;2*1-5,7-8H,9H2;2*1H;;/q4*-1;;;2*+2/p-2. The molecule has 0 amide bonds. The molecule has 0 saturated heterocycles. The molecule has 10 aromatic carbocycles. The Hall–Kier alpha value is -4.87. The van der Waals surface area contributed by atoms with Crippen LogP contribution < -0.4 is 30.6 Å². The summed E-state index contributed by atoms with van der Waals surface area (Å²) < 4.78 is 0. The second-order valence-corrected chi connectivity index (χ2v) is 18.2. The van der Waals surface area contributed by atoms with Gasteiger partial charge in [-0.15, -0.1) is 91.8 Å². The fourth-order valence-electron chi connectivity index (χ4n) is 8.18. The average molecular weight is 939 g/mol. The minimum Gasteiger partial charge on any atom is -1.00 e. The summed E-state index contributed by atoms with van der Waals surface area (Å²) in [4.78, 5) is 0. The number of hydrogen-bond acceptors (Lipinski definition) is 0. The van der Waals surface area contributed by atoms with E-state index in [2.05, 4.69) is 220 Å². The fourth-order valence-corrected chi connectivity index (χ4v) is 10.6. The molecule has 12 rings (SSSR count). The first-order valence-corrected chi connectivity index (χ1v) is 22.7. The quantitative estimate of drug-likeness (QED) is 0.100. The molecule has 6 heteroatoms. The van der Waals surface area contributed by atoms with Gasteiger partial charge in [0.1, 0.15) is 0 Å². The third-order valence-corrected chi connectivity index (χ3v) is 14.1. The van der Waals surface area contributed by atoms with Gasteiger partial charge in [0.25, 0.3) is 0 Å². The number of fused-ring (bicyclic) bond motifs is 8. The molecule has 2 unspecified atom stereocenters. The van der Waals surface area contributed by atoms with E-state index in [0.717, 1.165) is 30.0 Å². The fraction of sp³-hybridized carbons (Fsp3) is 0.0690. The van der Waals surface area contributed by atoms with Gasteiger partial charge in [-0.1, -0.05) is 149 Å². The van der Waals surface area contributed by atoms with E-state index < -0.39 is 0 Å². The Morgan fingerprint density at radius 1 is 0.406 bits per heavy atom. The van der Waals surface area contributed by atoms with Crippen molar-refractivity contribution in [1.82, 2.24) is 0 Å². The molecule has 0 spiro atoms. The number of halogens is 2. The number of hydrogen-bond donors (Lipinski definition) is 0. The molecule has 64 heavy (non-hydrogen) atoms. The van der Waals surface area contributed by atoms with Crippen LogP contribution in [-0.2, 0) is 56.3 Å². The predicted octanol–water partition coefficient (Wildman–Crippen LogP) is 7.11. The van der Waals surface area contributed by atoms with E-state index in [1.54, 1.807) is 0 Å². The van der Waals surface area contributed by atoms with Crippen molar-refractivity contribution >= 4 is 59.9 Å². The van der Waals surface area contributed by atoms with E-state index in [9.17, 15) is 0 Å². The molecular weight excluding hydrogens is 892 g/mol. The van der Waals surface area contributed by atoms with E-state index in [1.807, 2.05) is 12.1 Å². The van der Waals surface area contributed by atoms with E-state index in [4.69, 9.17) is 0 Å². The molecular formula is C58H46F2P2Ti2-2. The number of benzene rings is 8. The van der Waals surface area contributed by atoms with Gasteiger partial charge in [0.2, 0.25) is 0 Å². The van der Waals surface area contributed by atoms with Crippen molar-refractivity contribution in [2.24, 2.45) is 0 Å². The predicted molar refractivity (Wildman–Crippen MR) is 264 cm³/mol. The van der Waals surface area contributed by atoms with E-state index in [-0.39, 0.29) is 52.8 Å². The molecule has 0 aliphatic heterocycles. The van der Waals surface area contributed by atoms with Gasteiger partial charge in [-0.3, -0.25) is 0 Å². The van der Waals surface area contributed by atoms with Crippen molar-refractivity contribution in [3.8, 4) is 22.3 Å². The molecule has 2 aliphatic carbocycles. The molecule has 0 nitrogen and oxygen atoms in total. The molecule has 0 bridgehead atoms. The third-order valence-electron chi connectivity index (χ3n) is 11.3. The van der Waals surface area contributed by atoms with Gasteiger partial charge in [-0.25, -0.2) is 0 Å². The summed E-state index contributed by atoms with van der Waals surface area (Å²) in [6.07, 6.45) is 2.10. The van der Waals surface area contributed by atoms with Gasteiger partial charge < -0.3 is 9.41 Å². The van der Waals surface area contributed by atoms with Crippen LogP contribution in [0.15, 0.2) is 206 Å². The van der Waals surface area contributed by atoms with Crippen LogP contribution in [0.1, 0.15) is 33.4 Å². The monoisotopic (exact) mass is 938 g/mol. The summed E-state index contributed by atoms with van der Waals surface area (Å²) in [6.45, 7) is 4.37. The van der Waals surface area contributed by atoms with Crippen LogP contribution in [-0.4, -0.2) is 0 Å². The number of aryl methyl sites for hydroxylation is 2. The SMILES string of the molecule is Cc1ccccc1Pc1cc2ccccc2[cH-]1.Cc1ccccc1Pc1cc2ccccc2[cH-]1.[F-].[F-].[Ti+2].[Ti+2].[c-]1cccc2c1Cc1ccccc1-2.[c-]1cccc2c1Cc1ccccc1-2. The normalized spacial score (nSPS) is 11.2. The minimum atomic E-state index is 0. The van der Waals surface area contributed by atoms with E-state index in [0.29, 0.717) is 0 Å². The first-order valence-electron chi connectivity index (χ1n) is 20.7. The summed E-state index contributed by atoms with van der Waals surface area (Å²) in [5.41, 5.74) is 13.8. The van der Waals surface area contributed by atoms with Crippen LogP contribution in [0.2, 0.25) is 0 Å². The minimum absolute atomic E-state index is 0. The van der Waals surface area contributed by atoms with Crippen LogP contribution in [0.5, 0.6) is 0 Å². The second-order valence-electron chi connectivity index (χ2n) is 15.4. The summed E-state index contributed by atoms with van der Waals surface area (Å²) in [6, 6.07) is 79.8. The van der Waals surface area contributed by atoms with Crippen molar-refractivity contribution in [1.29, 1.82) is 0 Å². The number of rotatable bonds is 4. The largest absolute Gasteiger partial charge is 2.00 e. The van der Waals surface area contributed by atoms with Crippen LogP contribution in [0.25, 0.3) is 43.8 Å².